The molecule has 0 bridgehead atoms. The first kappa shape index (κ1) is 16.6. The Bertz CT molecular complexity index is 569. The summed E-state index contributed by atoms with van der Waals surface area (Å²) in [5.74, 6) is -1.01. The van der Waals surface area contributed by atoms with E-state index in [0.29, 0.717) is 12.0 Å². The smallest absolute Gasteiger partial charge is 0.335 e. The summed E-state index contributed by atoms with van der Waals surface area (Å²) in [5.41, 5.74) is 0.804. The average Bonchev–Trinajstić information content (AvgIpc) is 2.37. The normalized spacial score (nSPS) is 12.1. The topological polar surface area (TPSA) is 86.7 Å². The van der Waals surface area contributed by atoms with Gasteiger partial charge in [-0.2, -0.15) is 12.7 Å². The van der Waals surface area contributed by atoms with E-state index in [-0.39, 0.29) is 18.2 Å². The second-order valence-corrected chi connectivity index (χ2v) is 6.54. The minimum Gasteiger partial charge on any atom is -0.478 e. The van der Waals surface area contributed by atoms with E-state index < -0.39 is 16.2 Å². The summed E-state index contributed by atoms with van der Waals surface area (Å²) in [7, 11) is -2.03. The van der Waals surface area contributed by atoms with E-state index >= 15 is 0 Å². The number of carbonyl (C=O) groups is 1. The lowest BCUT2D eigenvalue weighted by Gasteiger charge is -2.21. The van der Waals surface area contributed by atoms with Gasteiger partial charge in [-0.15, -0.1) is 0 Å². The molecule has 6 nitrogen and oxygen atoms in total. The van der Waals surface area contributed by atoms with Crippen LogP contribution in [0.15, 0.2) is 24.3 Å². The summed E-state index contributed by atoms with van der Waals surface area (Å²) < 4.78 is 27.5. The Labute approximate surface area is 119 Å². The summed E-state index contributed by atoms with van der Waals surface area (Å²) in [5, 5.41) is 9.04. The molecule has 0 saturated heterocycles. The third-order valence-corrected chi connectivity index (χ3v) is 4.78. The molecule has 112 valence electrons. The molecule has 0 unspecified atom stereocenters. The van der Waals surface area contributed by atoms with Gasteiger partial charge in [0, 0.05) is 19.6 Å². The standard InChI is InChI=1S/C13H20N2O4S/c1-10(2)15(3)20(18,19)14-9-8-11-6-4-5-7-12(11)13(16)17/h4-7,10,14H,8-9H2,1-3H3,(H,16,17). The number of aromatic carboxylic acids is 1. The van der Waals surface area contributed by atoms with Crippen molar-refractivity contribution in [1.82, 2.24) is 9.03 Å². The van der Waals surface area contributed by atoms with Gasteiger partial charge in [0.15, 0.2) is 0 Å². The Morgan fingerprint density at radius 2 is 1.95 bits per heavy atom. The van der Waals surface area contributed by atoms with Crippen LogP contribution < -0.4 is 4.72 Å². The summed E-state index contributed by atoms with van der Waals surface area (Å²) in [6.07, 6.45) is 0.327. The molecule has 0 heterocycles. The molecule has 0 radical (unpaired) electrons. The number of benzene rings is 1. The summed E-state index contributed by atoms with van der Waals surface area (Å²) in [6, 6.07) is 6.43. The lowest BCUT2D eigenvalue weighted by atomic mass is 10.1. The van der Waals surface area contributed by atoms with E-state index in [2.05, 4.69) is 4.72 Å². The highest BCUT2D eigenvalue weighted by atomic mass is 32.2. The number of nitrogens with zero attached hydrogens (tertiary/aromatic N) is 1. The Balaban J connectivity index is 2.68. The molecule has 0 saturated carbocycles. The van der Waals surface area contributed by atoms with Crippen molar-refractivity contribution in [3.05, 3.63) is 35.4 Å². The van der Waals surface area contributed by atoms with E-state index in [1.807, 2.05) is 0 Å². The van der Waals surface area contributed by atoms with Gasteiger partial charge in [0.1, 0.15) is 0 Å². The largest absolute Gasteiger partial charge is 0.478 e. The van der Waals surface area contributed by atoms with E-state index in [9.17, 15) is 13.2 Å². The van der Waals surface area contributed by atoms with Gasteiger partial charge < -0.3 is 5.11 Å². The molecule has 0 fully saturated rings. The van der Waals surface area contributed by atoms with Crippen LogP contribution >= 0.6 is 0 Å². The molecular weight excluding hydrogens is 280 g/mol. The molecule has 0 aliphatic carbocycles. The molecule has 1 aromatic carbocycles. The highest BCUT2D eigenvalue weighted by Gasteiger charge is 2.19. The quantitative estimate of drug-likeness (QED) is 0.789. The molecule has 0 aliphatic heterocycles. The maximum absolute atomic E-state index is 11.9. The minimum atomic E-state index is -3.53. The van der Waals surface area contributed by atoms with E-state index in [1.54, 1.807) is 32.0 Å². The number of hydrogen-bond acceptors (Lipinski definition) is 3. The van der Waals surface area contributed by atoms with Gasteiger partial charge in [-0.05, 0) is 31.9 Å². The Hall–Kier alpha value is -1.44. The van der Waals surface area contributed by atoms with Crippen LogP contribution in [0.4, 0.5) is 0 Å². The number of rotatable bonds is 7. The molecule has 20 heavy (non-hydrogen) atoms. The highest BCUT2D eigenvalue weighted by Crippen LogP contribution is 2.09. The molecule has 0 aromatic heterocycles. The van der Waals surface area contributed by atoms with Crippen LogP contribution in [0.3, 0.4) is 0 Å². The number of hydrogen-bond donors (Lipinski definition) is 2. The van der Waals surface area contributed by atoms with Crippen LogP contribution in [0, 0.1) is 0 Å². The molecule has 0 atom stereocenters. The van der Waals surface area contributed by atoms with Crippen LogP contribution in [0.1, 0.15) is 29.8 Å². The van der Waals surface area contributed by atoms with Crippen molar-refractivity contribution in [2.45, 2.75) is 26.3 Å². The maximum Gasteiger partial charge on any atom is 0.335 e. The molecule has 1 rings (SSSR count). The molecule has 0 aliphatic rings. The van der Waals surface area contributed by atoms with E-state index in [4.69, 9.17) is 5.11 Å². The fourth-order valence-corrected chi connectivity index (χ4v) is 2.76. The summed E-state index contributed by atoms with van der Waals surface area (Å²) in [6.45, 7) is 3.71. The van der Waals surface area contributed by atoms with E-state index in [1.165, 1.54) is 17.4 Å². The fraction of sp³-hybridized carbons (Fsp3) is 0.462. The first-order valence-corrected chi connectivity index (χ1v) is 7.73. The molecule has 0 amide bonds. The number of carboxylic acids is 1. The van der Waals surface area contributed by atoms with Gasteiger partial charge in [-0.1, -0.05) is 18.2 Å². The first-order valence-electron chi connectivity index (χ1n) is 6.29. The van der Waals surface area contributed by atoms with Crippen LogP contribution in [-0.4, -0.2) is 43.4 Å². The van der Waals surface area contributed by atoms with Crippen LogP contribution in [-0.2, 0) is 16.6 Å². The van der Waals surface area contributed by atoms with Crippen LogP contribution in [0.2, 0.25) is 0 Å². The van der Waals surface area contributed by atoms with Crippen molar-refractivity contribution < 1.29 is 18.3 Å². The predicted octanol–water partition coefficient (Wildman–Crippen LogP) is 1.10. The molecule has 7 heteroatoms. The first-order chi connectivity index (χ1) is 9.25. The monoisotopic (exact) mass is 300 g/mol. The molecule has 1 aromatic rings. The molecular formula is C13H20N2O4S. The Kier molecular flexibility index (Phi) is 5.67. The zero-order chi connectivity index (χ0) is 15.3. The van der Waals surface area contributed by atoms with Crippen molar-refractivity contribution in [3.8, 4) is 0 Å². The van der Waals surface area contributed by atoms with Crippen molar-refractivity contribution in [1.29, 1.82) is 0 Å². The van der Waals surface area contributed by atoms with Crippen LogP contribution in [0.5, 0.6) is 0 Å². The maximum atomic E-state index is 11.9. The zero-order valence-corrected chi connectivity index (χ0v) is 12.6. The number of carboxylic acid groups (broad SMARTS) is 1. The van der Waals surface area contributed by atoms with Gasteiger partial charge in [-0.3, -0.25) is 0 Å². The van der Waals surface area contributed by atoms with Crippen molar-refractivity contribution >= 4 is 16.2 Å². The second kappa shape index (κ2) is 6.83. The average molecular weight is 300 g/mol. The molecule has 2 N–H and O–H groups in total. The third kappa shape index (κ3) is 4.29. The van der Waals surface area contributed by atoms with Crippen LogP contribution in [0.25, 0.3) is 0 Å². The fourth-order valence-electron chi connectivity index (χ4n) is 1.64. The molecule has 0 spiro atoms. The van der Waals surface area contributed by atoms with Gasteiger partial charge in [0.05, 0.1) is 5.56 Å². The SMILES string of the molecule is CC(C)N(C)S(=O)(=O)NCCc1ccccc1C(=O)O. The van der Waals surface area contributed by atoms with Crippen molar-refractivity contribution in [2.24, 2.45) is 0 Å². The second-order valence-electron chi connectivity index (χ2n) is 4.72. The third-order valence-electron chi connectivity index (χ3n) is 3.03. The zero-order valence-electron chi connectivity index (χ0n) is 11.8. The highest BCUT2D eigenvalue weighted by molar-refractivity contribution is 7.87. The predicted molar refractivity (Wildman–Crippen MR) is 76.9 cm³/mol. The van der Waals surface area contributed by atoms with Crippen molar-refractivity contribution in [2.75, 3.05) is 13.6 Å². The van der Waals surface area contributed by atoms with Gasteiger partial charge >= 0.3 is 5.97 Å². The van der Waals surface area contributed by atoms with Gasteiger partial charge in [0.2, 0.25) is 0 Å². The Morgan fingerprint density at radius 1 is 1.35 bits per heavy atom. The summed E-state index contributed by atoms with van der Waals surface area (Å²) >= 11 is 0. The Morgan fingerprint density at radius 3 is 2.50 bits per heavy atom. The number of nitrogens with one attached hydrogen (secondary N) is 1. The summed E-state index contributed by atoms with van der Waals surface area (Å²) in [4.78, 5) is 11.0. The lowest BCUT2D eigenvalue weighted by Crippen LogP contribution is -2.42. The minimum absolute atomic E-state index is 0.140. The van der Waals surface area contributed by atoms with Crippen molar-refractivity contribution in [3.63, 3.8) is 0 Å². The lowest BCUT2D eigenvalue weighted by molar-refractivity contribution is 0.0695. The van der Waals surface area contributed by atoms with E-state index in [0.717, 1.165) is 0 Å². The van der Waals surface area contributed by atoms with Gasteiger partial charge in [-0.25, -0.2) is 9.52 Å². The van der Waals surface area contributed by atoms with Gasteiger partial charge in [0.25, 0.3) is 10.2 Å².